The molecule has 3 rings (SSSR count). The minimum absolute atomic E-state index is 0.126. The number of rotatable bonds is 10. The molecule has 3 aromatic rings. The SMILES string of the molecule is CCC(=O)NCCCCCc1nc2ccccc2n1Cc1ccc(OC)cc1. The number of amides is 1. The van der Waals surface area contributed by atoms with E-state index in [9.17, 15) is 4.79 Å². The van der Waals surface area contributed by atoms with Crippen molar-refractivity contribution in [2.24, 2.45) is 0 Å². The van der Waals surface area contributed by atoms with Crippen molar-refractivity contribution in [3.63, 3.8) is 0 Å². The van der Waals surface area contributed by atoms with E-state index in [0.717, 1.165) is 55.9 Å². The molecule has 0 saturated heterocycles. The van der Waals surface area contributed by atoms with Crippen LogP contribution < -0.4 is 10.1 Å². The maximum Gasteiger partial charge on any atom is 0.219 e. The predicted octanol–water partition coefficient (Wildman–Crippen LogP) is 4.33. The van der Waals surface area contributed by atoms with Crippen molar-refractivity contribution >= 4 is 16.9 Å². The van der Waals surface area contributed by atoms with E-state index < -0.39 is 0 Å². The number of imidazole rings is 1. The van der Waals surface area contributed by atoms with E-state index in [0.29, 0.717) is 6.42 Å². The smallest absolute Gasteiger partial charge is 0.219 e. The lowest BCUT2D eigenvalue weighted by Crippen LogP contribution is -2.23. The molecule has 0 unspecified atom stereocenters. The van der Waals surface area contributed by atoms with E-state index in [2.05, 4.69) is 40.2 Å². The summed E-state index contributed by atoms with van der Waals surface area (Å²) in [4.78, 5) is 16.2. The van der Waals surface area contributed by atoms with Gasteiger partial charge >= 0.3 is 0 Å². The number of para-hydroxylation sites is 2. The maximum absolute atomic E-state index is 11.3. The van der Waals surface area contributed by atoms with Crippen LogP contribution in [0.4, 0.5) is 0 Å². The van der Waals surface area contributed by atoms with Crippen LogP contribution in [0, 0.1) is 0 Å². The van der Waals surface area contributed by atoms with Crippen LogP contribution in [0.25, 0.3) is 11.0 Å². The van der Waals surface area contributed by atoms with Gasteiger partial charge in [-0.2, -0.15) is 0 Å². The lowest BCUT2D eigenvalue weighted by Gasteiger charge is -2.10. The minimum atomic E-state index is 0.126. The molecule has 5 heteroatoms. The number of hydrogen-bond donors (Lipinski definition) is 1. The van der Waals surface area contributed by atoms with Gasteiger partial charge in [0.2, 0.25) is 5.91 Å². The molecule has 1 N–H and O–H groups in total. The van der Waals surface area contributed by atoms with Gasteiger partial charge in [0.15, 0.2) is 0 Å². The zero-order chi connectivity index (χ0) is 19.8. The predicted molar refractivity (Wildman–Crippen MR) is 113 cm³/mol. The van der Waals surface area contributed by atoms with Crippen LogP contribution >= 0.6 is 0 Å². The Morgan fingerprint density at radius 2 is 1.86 bits per heavy atom. The number of nitrogens with zero attached hydrogens (tertiary/aromatic N) is 2. The Balaban J connectivity index is 1.66. The molecule has 0 aliphatic carbocycles. The fourth-order valence-electron chi connectivity index (χ4n) is 3.34. The fourth-order valence-corrected chi connectivity index (χ4v) is 3.34. The number of carbonyl (C=O) groups is 1. The molecular formula is C23H29N3O2. The van der Waals surface area contributed by atoms with Crippen molar-refractivity contribution < 1.29 is 9.53 Å². The van der Waals surface area contributed by atoms with Crippen molar-refractivity contribution in [3.05, 3.63) is 59.9 Å². The summed E-state index contributed by atoms with van der Waals surface area (Å²) in [6.45, 7) is 3.43. The summed E-state index contributed by atoms with van der Waals surface area (Å²) in [5.74, 6) is 2.12. The Morgan fingerprint density at radius 3 is 2.61 bits per heavy atom. The molecule has 1 aromatic heterocycles. The number of carbonyl (C=O) groups excluding carboxylic acids is 1. The van der Waals surface area contributed by atoms with Crippen LogP contribution in [0.3, 0.4) is 0 Å². The Kier molecular flexibility index (Phi) is 7.06. The number of fused-ring (bicyclic) bond motifs is 1. The first-order valence-electron chi connectivity index (χ1n) is 10.0. The lowest BCUT2D eigenvalue weighted by atomic mass is 10.1. The first kappa shape index (κ1) is 19.9. The molecule has 0 saturated carbocycles. The van der Waals surface area contributed by atoms with E-state index in [4.69, 9.17) is 9.72 Å². The molecule has 28 heavy (non-hydrogen) atoms. The van der Waals surface area contributed by atoms with Gasteiger partial charge in [0.1, 0.15) is 11.6 Å². The molecule has 1 heterocycles. The minimum Gasteiger partial charge on any atom is -0.497 e. The number of aryl methyl sites for hydroxylation is 1. The van der Waals surface area contributed by atoms with Gasteiger partial charge in [-0.3, -0.25) is 4.79 Å². The van der Waals surface area contributed by atoms with Crippen LogP contribution in [0.15, 0.2) is 48.5 Å². The molecule has 1 amide bonds. The van der Waals surface area contributed by atoms with Crippen LogP contribution in [-0.4, -0.2) is 29.1 Å². The van der Waals surface area contributed by atoms with Crippen LogP contribution in [0.5, 0.6) is 5.75 Å². The third kappa shape index (κ3) is 5.12. The fraction of sp³-hybridized carbons (Fsp3) is 0.391. The first-order chi connectivity index (χ1) is 13.7. The molecule has 0 fully saturated rings. The number of hydrogen-bond acceptors (Lipinski definition) is 3. The van der Waals surface area contributed by atoms with Crippen molar-refractivity contribution in [1.82, 2.24) is 14.9 Å². The lowest BCUT2D eigenvalue weighted by molar-refractivity contribution is -0.120. The van der Waals surface area contributed by atoms with Gasteiger partial charge in [-0.25, -0.2) is 4.98 Å². The topological polar surface area (TPSA) is 56.2 Å². The van der Waals surface area contributed by atoms with Gasteiger partial charge in [0, 0.05) is 25.9 Å². The summed E-state index contributed by atoms with van der Waals surface area (Å²) >= 11 is 0. The molecule has 0 aliphatic rings. The average molecular weight is 380 g/mol. The quantitative estimate of drug-likeness (QED) is 0.533. The Hall–Kier alpha value is -2.82. The van der Waals surface area contributed by atoms with E-state index in [1.807, 2.05) is 25.1 Å². The number of ether oxygens (including phenoxy) is 1. The number of benzene rings is 2. The monoisotopic (exact) mass is 379 g/mol. The highest BCUT2D eigenvalue weighted by molar-refractivity contribution is 5.76. The summed E-state index contributed by atoms with van der Waals surface area (Å²) in [5.41, 5.74) is 3.44. The molecule has 0 atom stereocenters. The summed E-state index contributed by atoms with van der Waals surface area (Å²) < 4.78 is 7.58. The molecule has 0 bridgehead atoms. The number of unbranched alkanes of at least 4 members (excludes halogenated alkanes) is 2. The van der Waals surface area contributed by atoms with Crippen molar-refractivity contribution in [2.75, 3.05) is 13.7 Å². The summed E-state index contributed by atoms with van der Waals surface area (Å²) in [6, 6.07) is 16.5. The normalized spacial score (nSPS) is 10.9. The van der Waals surface area contributed by atoms with Gasteiger partial charge in [-0.05, 0) is 42.7 Å². The molecule has 5 nitrogen and oxygen atoms in total. The van der Waals surface area contributed by atoms with Crippen LogP contribution in [0.2, 0.25) is 0 Å². The first-order valence-corrected chi connectivity index (χ1v) is 10.0. The zero-order valence-corrected chi connectivity index (χ0v) is 16.8. The molecule has 0 aliphatic heterocycles. The Labute approximate surface area is 166 Å². The van der Waals surface area contributed by atoms with E-state index >= 15 is 0 Å². The maximum atomic E-state index is 11.3. The van der Waals surface area contributed by atoms with Crippen molar-refractivity contribution in [1.29, 1.82) is 0 Å². The molecule has 0 radical (unpaired) electrons. The van der Waals surface area contributed by atoms with Gasteiger partial charge in [-0.1, -0.05) is 37.6 Å². The summed E-state index contributed by atoms with van der Waals surface area (Å²) in [5, 5.41) is 2.94. The van der Waals surface area contributed by atoms with Gasteiger partial charge in [-0.15, -0.1) is 0 Å². The third-order valence-corrected chi connectivity index (χ3v) is 4.95. The zero-order valence-electron chi connectivity index (χ0n) is 16.8. The third-order valence-electron chi connectivity index (χ3n) is 4.95. The van der Waals surface area contributed by atoms with E-state index in [1.54, 1.807) is 7.11 Å². The number of nitrogens with one attached hydrogen (secondary N) is 1. The van der Waals surface area contributed by atoms with Gasteiger partial charge in [0.25, 0.3) is 0 Å². The van der Waals surface area contributed by atoms with Crippen molar-refractivity contribution in [2.45, 2.75) is 45.6 Å². The highest BCUT2D eigenvalue weighted by atomic mass is 16.5. The van der Waals surface area contributed by atoms with Gasteiger partial charge in [0.05, 0.1) is 18.1 Å². The summed E-state index contributed by atoms with van der Waals surface area (Å²) in [6.07, 6.45) is 4.63. The van der Waals surface area contributed by atoms with Crippen LogP contribution in [-0.2, 0) is 17.8 Å². The summed E-state index contributed by atoms with van der Waals surface area (Å²) in [7, 11) is 1.68. The molecule has 148 valence electrons. The number of aromatic nitrogens is 2. The number of methoxy groups -OCH3 is 1. The second-order valence-corrected chi connectivity index (χ2v) is 6.97. The Morgan fingerprint density at radius 1 is 1.07 bits per heavy atom. The average Bonchev–Trinajstić information content (AvgIpc) is 3.08. The second-order valence-electron chi connectivity index (χ2n) is 6.97. The molecular weight excluding hydrogens is 350 g/mol. The van der Waals surface area contributed by atoms with Crippen molar-refractivity contribution in [3.8, 4) is 5.75 Å². The molecule has 0 spiro atoms. The highest BCUT2D eigenvalue weighted by Crippen LogP contribution is 2.20. The van der Waals surface area contributed by atoms with Gasteiger partial charge < -0.3 is 14.6 Å². The van der Waals surface area contributed by atoms with E-state index in [1.165, 1.54) is 11.1 Å². The van der Waals surface area contributed by atoms with Crippen LogP contribution in [0.1, 0.15) is 44.0 Å². The Bertz CT molecular complexity index is 900. The largest absolute Gasteiger partial charge is 0.497 e. The second kappa shape index (κ2) is 9.93. The highest BCUT2D eigenvalue weighted by Gasteiger charge is 2.11. The standard InChI is InChI=1S/C23H29N3O2/c1-3-23(27)24-16-8-4-5-11-22-25-20-9-6-7-10-21(20)26(22)17-18-12-14-19(28-2)15-13-18/h6-7,9-10,12-15H,3-5,8,11,16-17H2,1-2H3,(H,24,27). The van der Waals surface area contributed by atoms with E-state index in [-0.39, 0.29) is 5.91 Å². The molecule has 2 aromatic carbocycles.